The molecular formula is C25H27Cl2NO6. The SMILES string of the molecule is C[C@@H](OC(=O)C[C@@H]1O[C@@H](c2ccccc2Cl)c2cc(Cl)ccc2N(CC(C)(C)C)C1=O)C(=O)O. The summed E-state index contributed by atoms with van der Waals surface area (Å²) in [4.78, 5) is 38.9. The van der Waals surface area contributed by atoms with Crippen molar-refractivity contribution in [3.63, 3.8) is 0 Å². The van der Waals surface area contributed by atoms with Gasteiger partial charge in [0.2, 0.25) is 0 Å². The van der Waals surface area contributed by atoms with Gasteiger partial charge < -0.3 is 19.5 Å². The molecule has 1 aliphatic heterocycles. The summed E-state index contributed by atoms with van der Waals surface area (Å²) in [5.74, 6) is -2.58. The average Bonchev–Trinajstić information content (AvgIpc) is 2.83. The Kier molecular flexibility index (Phi) is 7.91. The van der Waals surface area contributed by atoms with Gasteiger partial charge in [-0.2, -0.15) is 0 Å². The van der Waals surface area contributed by atoms with E-state index in [1.807, 2.05) is 20.8 Å². The van der Waals surface area contributed by atoms with E-state index in [0.29, 0.717) is 33.4 Å². The summed E-state index contributed by atoms with van der Waals surface area (Å²) < 4.78 is 11.2. The van der Waals surface area contributed by atoms with Crippen molar-refractivity contribution in [1.82, 2.24) is 0 Å². The number of carbonyl (C=O) groups is 3. The van der Waals surface area contributed by atoms with E-state index in [1.54, 1.807) is 47.4 Å². The maximum absolute atomic E-state index is 13.7. The molecule has 0 unspecified atom stereocenters. The van der Waals surface area contributed by atoms with E-state index in [0.717, 1.165) is 0 Å². The Morgan fingerprint density at radius 2 is 1.82 bits per heavy atom. The molecule has 1 N–H and O–H groups in total. The number of ether oxygens (including phenoxy) is 2. The molecule has 2 aromatic carbocycles. The molecule has 0 saturated carbocycles. The third-order valence-corrected chi connectivity index (χ3v) is 5.81. The third kappa shape index (κ3) is 6.09. The number of rotatable bonds is 6. The molecule has 0 spiro atoms. The molecule has 2 aromatic rings. The van der Waals surface area contributed by atoms with Crippen LogP contribution >= 0.6 is 23.2 Å². The van der Waals surface area contributed by atoms with Crippen LogP contribution in [0.15, 0.2) is 42.5 Å². The van der Waals surface area contributed by atoms with E-state index < -0.39 is 42.6 Å². The number of nitrogens with zero attached hydrogens (tertiary/aromatic N) is 1. The summed E-state index contributed by atoms with van der Waals surface area (Å²) in [6.45, 7) is 7.56. The maximum Gasteiger partial charge on any atom is 0.344 e. The lowest BCUT2D eigenvalue weighted by Gasteiger charge is -2.31. The quantitative estimate of drug-likeness (QED) is 0.535. The molecule has 9 heteroatoms. The number of hydrogen-bond donors (Lipinski definition) is 1. The van der Waals surface area contributed by atoms with Gasteiger partial charge in [0.1, 0.15) is 12.2 Å². The summed E-state index contributed by atoms with van der Waals surface area (Å²) in [6.07, 6.45) is -3.84. The number of aliphatic carboxylic acids is 1. The lowest BCUT2D eigenvalue weighted by Crippen LogP contribution is -2.44. The highest BCUT2D eigenvalue weighted by Gasteiger charge is 2.40. The van der Waals surface area contributed by atoms with Crippen LogP contribution in [-0.4, -0.2) is 41.7 Å². The van der Waals surface area contributed by atoms with Crippen LogP contribution in [0.25, 0.3) is 0 Å². The Balaban J connectivity index is 2.11. The molecule has 1 amide bonds. The Hall–Kier alpha value is -2.61. The topological polar surface area (TPSA) is 93.1 Å². The van der Waals surface area contributed by atoms with Crippen molar-refractivity contribution in [2.75, 3.05) is 11.4 Å². The van der Waals surface area contributed by atoms with Gasteiger partial charge in [-0.25, -0.2) is 4.79 Å². The zero-order valence-electron chi connectivity index (χ0n) is 19.4. The number of carboxylic acid groups (broad SMARTS) is 1. The molecule has 0 fully saturated rings. The number of halogens is 2. The van der Waals surface area contributed by atoms with Crippen molar-refractivity contribution < 1.29 is 29.0 Å². The normalized spacial score (nSPS) is 19.2. The lowest BCUT2D eigenvalue weighted by atomic mass is 9.94. The molecule has 0 saturated heterocycles. The zero-order chi connectivity index (χ0) is 25.2. The standard InChI is InChI=1S/C25H27Cl2NO6/c1-14(24(31)32)33-21(29)12-20-23(30)28(13-25(2,3)4)19-10-9-15(26)11-17(19)22(34-20)16-7-5-6-8-18(16)27/h5-11,14,20,22H,12-13H2,1-4H3,(H,31,32)/t14-,20+,22+/m1/s1. The van der Waals surface area contributed by atoms with Gasteiger partial charge in [0.05, 0.1) is 6.42 Å². The number of hydrogen-bond acceptors (Lipinski definition) is 5. The summed E-state index contributed by atoms with van der Waals surface area (Å²) in [5, 5.41) is 9.94. The molecule has 34 heavy (non-hydrogen) atoms. The van der Waals surface area contributed by atoms with Crippen LogP contribution in [-0.2, 0) is 23.9 Å². The van der Waals surface area contributed by atoms with Crippen LogP contribution in [0, 0.1) is 5.41 Å². The molecule has 1 heterocycles. The van der Waals surface area contributed by atoms with Crippen LogP contribution in [0.2, 0.25) is 10.0 Å². The van der Waals surface area contributed by atoms with Gasteiger partial charge in [-0.15, -0.1) is 0 Å². The second-order valence-corrected chi connectivity index (χ2v) is 10.2. The van der Waals surface area contributed by atoms with E-state index in [4.69, 9.17) is 37.8 Å². The summed E-state index contributed by atoms with van der Waals surface area (Å²) >= 11 is 12.8. The number of esters is 1. The second-order valence-electron chi connectivity index (χ2n) is 9.39. The number of benzene rings is 2. The predicted octanol–water partition coefficient (Wildman–Crippen LogP) is 5.27. The largest absolute Gasteiger partial charge is 0.479 e. The van der Waals surface area contributed by atoms with Gasteiger partial charge in [0, 0.05) is 33.4 Å². The molecule has 0 aliphatic carbocycles. The van der Waals surface area contributed by atoms with Gasteiger partial charge in [-0.1, -0.05) is 62.2 Å². The van der Waals surface area contributed by atoms with E-state index in [2.05, 4.69) is 0 Å². The van der Waals surface area contributed by atoms with Crippen molar-refractivity contribution in [3.8, 4) is 0 Å². The summed E-state index contributed by atoms with van der Waals surface area (Å²) in [6, 6.07) is 12.2. The van der Waals surface area contributed by atoms with Crippen molar-refractivity contribution >= 4 is 46.7 Å². The fourth-order valence-electron chi connectivity index (χ4n) is 3.72. The van der Waals surface area contributed by atoms with Crippen LogP contribution in [0.3, 0.4) is 0 Å². The Bertz CT molecular complexity index is 1100. The number of anilines is 1. The van der Waals surface area contributed by atoms with Crippen molar-refractivity contribution in [2.24, 2.45) is 5.41 Å². The highest BCUT2D eigenvalue weighted by molar-refractivity contribution is 6.31. The van der Waals surface area contributed by atoms with Crippen molar-refractivity contribution in [1.29, 1.82) is 0 Å². The predicted molar refractivity (Wildman–Crippen MR) is 129 cm³/mol. The van der Waals surface area contributed by atoms with Crippen molar-refractivity contribution in [3.05, 3.63) is 63.6 Å². The van der Waals surface area contributed by atoms with Gasteiger partial charge >= 0.3 is 11.9 Å². The summed E-state index contributed by atoms with van der Waals surface area (Å²) in [7, 11) is 0. The number of amides is 1. The molecule has 0 radical (unpaired) electrons. The first-order chi connectivity index (χ1) is 15.9. The Labute approximate surface area is 208 Å². The highest BCUT2D eigenvalue weighted by atomic mass is 35.5. The van der Waals surface area contributed by atoms with Crippen molar-refractivity contribution in [2.45, 2.75) is 52.4 Å². The molecule has 7 nitrogen and oxygen atoms in total. The van der Waals surface area contributed by atoms with Crippen LogP contribution in [0.1, 0.15) is 51.3 Å². The first-order valence-corrected chi connectivity index (χ1v) is 11.6. The van der Waals surface area contributed by atoms with Gasteiger partial charge in [-0.3, -0.25) is 9.59 Å². The molecule has 182 valence electrons. The summed E-state index contributed by atoms with van der Waals surface area (Å²) in [5.41, 5.74) is 1.56. The number of carboxylic acids is 1. The average molecular weight is 508 g/mol. The Morgan fingerprint density at radius 1 is 1.15 bits per heavy atom. The highest BCUT2D eigenvalue weighted by Crippen LogP contribution is 2.42. The van der Waals surface area contributed by atoms with Crippen LogP contribution in [0.4, 0.5) is 5.69 Å². The Morgan fingerprint density at radius 3 is 2.44 bits per heavy atom. The molecular weight excluding hydrogens is 481 g/mol. The first-order valence-electron chi connectivity index (χ1n) is 10.8. The fourth-order valence-corrected chi connectivity index (χ4v) is 4.13. The zero-order valence-corrected chi connectivity index (χ0v) is 20.9. The van der Waals surface area contributed by atoms with Gasteiger partial charge in [0.25, 0.3) is 5.91 Å². The molecule has 0 bridgehead atoms. The number of fused-ring (bicyclic) bond motifs is 1. The minimum Gasteiger partial charge on any atom is -0.479 e. The van der Waals surface area contributed by atoms with Crippen LogP contribution < -0.4 is 4.90 Å². The van der Waals surface area contributed by atoms with Gasteiger partial charge in [0.15, 0.2) is 6.10 Å². The monoisotopic (exact) mass is 507 g/mol. The van der Waals surface area contributed by atoms with Gasteiger partial charge in [-0.05, 0) is 36.6 Å². The molecule has 3 rings (SSSR count). The van der Waals surface area contributed by atoms with Crippen LogP contribution in [0.5, 0.6) is 0 Å². The smallest absolute Gasteiger partial charge is 0.344 e. The minimum absolute atomic E-state index is 0.278. The van der Waals surface area contributed by atoms with E-state index in [-0.39, 0.29) is 5.41 Å². The maximum atomic E-state index is 13.7. The first kappa shape index (κ1) is 26.0. The number of carbonyl (C=O) groups excluding carboxylic acids is 2. The van der Waals surface area contributed by atoms with E-state index in [9.17, 15) is 14.4 Å². The minimum atomic E-state index is -1.35. The second kappa shape index (κ2) is 10.3. The molecule has 3 atom stereocenters. The third-order valence-electron chi connectivity index (χ3n) is 5.23. The lowest BCUT2D eigenvalue weighted by molar-refractivity contribution is -0.165. The fraction of sp³-hybridized carbons (Fsp3) is 0.400. The van der Waals surface area contributed by atoms with E-state index in [1.165, 1.54) is 6.92 Å². The van der Waals surface area contributed by atoms with E-state index >= 15 is 0 Å². The molecule has 1 aliphatic rings. The molecule has 0 aromatic heterocycles.